The van der Waals surface area contributed by atoms with Crippen LogP contribution in [0.15, 0.2) is 47.5 Å². The standard InChI is InChI=1S/C22H31N3O3.HI/c1-17-9-10-21(27-4)18(15-17)11-12-24-22(23-2)25-13-14-28-16-19-7-5-6-8-20(19)26-3;/h5-10,15H,11-14,16H2,1-4H3,(H2,23,24,25);1H. The van der Waals surface area contributed by atoms with Crippen molar-refractivity contribution >= 4 is 29.9 Å². The van der Waals surface area contributed by atoms with E-state index in [1.165, 1.54) is 11.1 Å². The number of aliphatic imine (C=N–C) groups is 1. The van der Waals surface area contributed by atoms with Crippen LogP contribution in [0.25, 0.3) is 0 Å². The predicted molar refractivity (Wildman–Crippen MR) is 129 cm³/mol. The summed E-state index contributed by atoms with van der Waals surface area (Å²) in [6, 6.07) is 14.1. The Morgan fingerprint density at radius 3 is 2.34 bits per heavy atom. The number of methoxy groups -OCH3 is 2. The van der Waals surface area contributed by atoms with Gasteiger partial charge in [0, 0.05) is 25.7 Å². The maximum atomic E-state index is 5.73. The first-order valence-corrected chi connectivity index (χ1v) is 9.45. The van der Waals surface area contributed by atoms with E-state index >= 15 is 0 Å². The third-order valence-electron chi connectivity index (χ3n) is 4.34. The van der Waals surface area contributed by atoms with Crippen LogP contribution in [0.1, 0.15) is 16.7 Å². The van der Waals surface area contributed by atoms with Crippen molar-refractivity contribution in [3.63, 3.8) is 0 Å². The number of para-hydroxylation sites is 1. The fraction of sp³-hybridized carbons (Fsp3) is 0.409. The molecule has 29 heavy (non-hydrogen) atoms. The van der Waals surface area contributed by atoms with Gasteiger partial charge in [-0.05, 0) is 31.0 Å². The molecule has 0 saturated heterocycles. The lowest BCUT2D eigenvalue weighted by molar-refractivity contribution is 0.123. The molecule has 2 aromatic carbocycles. The van der Waals surface area contributed by atoms with Crippen molar-refractivity contribution in [3.8, 4) is 11.5 Å². The van der Waals surface area contributed by atoms with Crippen LogP contribution in [0.5, 0.6) is 11.5 Å². The van der Waals surface area contributed by atoms with E-state index in [1.807, 2.05) is 30.3 Å². The number of ether oxygens (including phenoxy) is 3. The molecule has 0 saturated carbocycles. The highest BCUT2D eigenvalue weighted by molar-refractivity contribution is 14.0. The van der Waals surface area contributed by atoms with Gasteiger partial charge in [-0.1, -0.05) is 35.9 Å². The average Bonchev–Trinajstić information content (AvgIpc) is 2.72. The fourth-order valence-corrected chi connectivity index (χ4v) is 2.88. The van der Waals surface area contributed by atoms with Crippen LogP contribution < -0.4 is 20.1 Å². The molecule has 0 atom stereocenters. The number of hydrogen-bond acceptors (Lipinski definition) is 4. The van der Waals surface area contributed by atoms with Gasteiger partial charge in [-0.15, -0.1) is 24.0 Å². The lowest BCUT2D eigenvalue weighted by atomic mass is 10.1. The molecule has 0 aromatic heterocycles. The van der Waals surface area contributed by atoms with Crippen LogP contribution in [0.3, 0.4) is 0 Å². The number of hydrogen-bond donors (Lipinski definition) is 2. The van der Waals surface area contributed by atoms with E-state index in [1.54, 1.807) is 21.3 Å². The predicted octanol–water partition coefficient (Wildman–Crippen LogP) is 3.55. The van der Waals surface area contributed by atoms with Gasteiger partial charge < -0.3 is 24.8 Å². The molecule has 0 unspecified atom stereocenters. The van der Waals surface area contributed by atoms with Gasteiger partial charge >= 0.3 is 0 Å². The minimum Gasteiger partial charge on any atom is -0.496 e. The summed E-state index contributed by atoms with van der Waals surface area (Å²) in [4.78, 5) is 4.25. The van der Waals surface area contributed by atoms with Gasteiger partial charge in [0.25, 0.3) is 0 Å². The molecule has 0 heterocycles. The molecule has 0 amide bonds. The summed E-state index contributed by atoms with van der Waals surface area (Å²) in [6.45, 7) is 4.61. The van der Waals surface area contributed by atoms with E-state index in [-0.39, 0.29) is 24.0 Å². The summed E-state index contributed by atoms with van der Waals surface area (Å²) in [5.41, 5.74) is 3.45. The molecule has 0 spiro atoms. The molecule has 0 aliphatic rings. The first-order valence-electron chi connectivity index (χ1n) is 9.45. The maximum Gasteiger partial charge on any atom is 0.191 e. The number of rotatable bonds is 10. The second-order valence-electron chi connectivity index (χ2n) is 6.36. The third-order valence-corrected chi connectivity index (χ3v) is 4.34. The number of aryl methyl sites for hydroxylation is 1. The van der Waals surface area contributed by atoms with Crippen molar-refractivity contribution in [2.24, 2.45) is 4.99 Å². The highest BCUT2D eigenvalue weighted by Gasteiger charge is 2.05. The number of halogens is 1. The van der Waals surface area contributed by atoms with Crippen molar-refractivity contribution in [2.75, 3.05) is 41.0 Å². The number of nitrogens with zero attached hydrogens (tertiary/aromatic N) is 1. The first kappa shape index (κ1) is 25.0. The van der Waals surface area contributed by atoms with E-state index in [0.29, 0.717) is 19.8 Å². The highest BCUT2D eigenvalue weighted by atomic mass is 127. The molecule has 0 aliphatic carbocycles. The fourth-order valence-electron chi connectivity index (χ4n) is 2.88. The highest BCUT2D eigenvalue weighted by Crippen LogP contribution is 2.20. The first-order chi connectivity index (χ1) is 13.7. The molecule has 2 aromatic rings. The van der Waals surface area contributed by atoms with Crippen molar-refractivity contribution < 1.29 is 14.2 Å². The van der Waals surface area contributed by atoms with E-state index in [0.717, 1.165) is 36.0 Å². The van der Waals surface area contributed by atoms with E-state index < -0.39 is 0 Å². The zero-order valence-corrected chi connectivity index (χ0v) is 20.0. The molecular weight excluding hydrogens is 481 g/mol. The third kappa shape index (κ3) is 8.49. The molecule has 2 rings (SSSR count). The van der Waals surface area contributed by atoms with Crippen molar-refractivity contribution in [1.29, 1.82) is 0 Å². The second kappa shape index (κ2) is 14.1. The molecule has 0 radical (unpaired) electrons. The molecule has 0 fully saturated rings. The minimum absolute atomic E-state index is 0. The summed E-state index contributed by atoms with van der Waals surface area (Å²) in [5.74, 6) is 2.52. The summed E-state index contributed by atoms with van der Waals surface area (Å²) in [7, 11) is 5.13. The number of guanidine groups is 1. The Kier molecular flexibility index (Phi) is 12.1. The average molecular weight is 513 g/mol. The Bertz CT molecular complexity index is 769. The van der Waals surface area contributed by atoms with Crippen LogP contribution in [0.2, 0.25) is 0 Å². The van der Waals surface area contributed by atoms with Gasteiger partial charge in [-0.3, -0.25) is 4.99 Å². The topological polar surface area (TPSA) is 64.1 Å². The zero-order valence-electron chi connectivity index (χ0n) is 17.7. The van der Waals surface area contributed by atoms with Gasteiger partial charge in [0.1, 0.15) is 11.5 Å². The van der Waals surface area contributed by atoms with Gasteiger partial charge in [-0.2, -0.15) is 0 Å². The molecule has 7 heteroatoms. The van der Waals surface area contributed by atoms with E-state index in [2.05, 4.69) is 34.7 Å². The van der Waals surface area contributed by atoms with Crippen molar-refractivity contribution in [1.82, 2.24) is 10.6 Å². The zero-order chi connectivity index (χ0) is 20.2. The Labute approximate surface area is 191 Å². The summed E-state index contributed by atoms with van der Waals surface area (Å²) in [6.07, 6.45) is 0.857. The molecule has 6 nitrogen and oxygen atoms in total. The normalized spacial score (nSPS) is 10.8. The lowest BCUT2D eigenvalue weighted by Crippen LogP contribution is -2.39. The quantitative estimate of drug-likeness (QED) is 0.220. The van der Waals surface area contributed by atoms with Crippen LogP contribution >= 0.6 is 24.0 Å². The Morgan fingerprint density at radius 1 is 0.931 bits per heavy atom. The van der Waals surface area contributed by atoms with Crippen LogP contribution in [0.4, 0.5) is 0 Å². The lowest BCUT2D eigenvalue weighted by Gasteiger charge is -2.14. The van der Waals surface area contributed by atoms with Crippen LogP contribution in [-0.2, 0) is 17.8 Å². The molecule has 2 N–H and O–H groups in total. The summed E-state index contributed by atoms with van der Waals surface area (Å²) >= 11 is 0. The van der Waals surface area contributed by atoms with E-state index in [9.17, 15) is 0 Å². The molecule has 0 bridgehead atoms. The number of nitrogens with one attached hydrogen (secondary N) is 2. The monoisotopic (exact) mass is 513 g/mol. The molecule has 0 aliphatic heterocycles. The van der Waals surface area contributed by atoms with Gasteiger partial charge in [0.15, 0.2) is 5.96 Å². The minimum atomic E-state index is 0. The van der Waals surface area contributed by atoms with E-state index in [4.69, 9.17) is 14.2 Å². The van der Waals surface area contributed by atoms with Gasteiger partial charge in [0.05, 0.1) is 27.4 Å². The SMILES string of the molecule is CN=C(NCCOCc1ccccc1OC)NCCc1cc(C)ccc1OC.I. The van der Waals surface area contributed by atoms with Crippen molar-refractivity contribution in [2.45, 2.75) is 20.0 Å². The summed E-state index contributed by atoms with van der Waals surface area (Å²) < 4.78 is 16.5. The molecule has 160 valence electrons. The largest absolute Gasteiger partial charge is 0.496 e. The van der Waals surface area contributed by atoms with Crippen LogP contribution in [0, 0.1) is 6.92 Å². The molecular formula is C22H32IN3O3. The Morgan fingerprint density at radius 2 is 1.62 bits per heavy atom. The maximum absolute atomic E-state index is 5.73. The Balaban J connectivity index is 0.00000420. The van der Waals surface area contributed by atoms with Gasteiger partial charge in [-0.25, -0.2) is 0 Å². The smallest absolute Gasteiger partial charge is 0.191 e. The number of benzene rings is 2. The second-order valence-corrected chi connectivity index (χ2v) is 6.36. The Hall–Kier alpha value is -2.00. The van der Waals surface area contributed by atoms with Crippen LogP contribution in [-0.4, -0.2) is 46.9 Å². The van der Waals surface area contributed by atoms with Gasteiger partial charge in [0.2, 0.25) is 0 Å². The van der Waals surface area contributed by atoms with Crippen molar-refractivity contribution in [3.05, 3.63) is 59.2 Å². The summed E-state index contributed by atoms with van der Waals surface area (Å²) in [5, 5.41) is 6.59.